The summed E-state index contributed by atoms with van der Waals surface area (Å²) >= 11 is 5.85. The average molecular weight is 380 g/mol. The van der Waals surface area contributed by atoms with Gasteiger partial charge in [0.1, 0.15) is 5.82 Å². The molecule has 1 aliphatic rings. The smallest absolute Gasteiger partial charge is 0.273 e. The molecule has 6 N–H and O–H groups in total. The second kappa shape index (κ2) is 7.79. The number of amides is 1. The Labute approximate surface area is 154 Å². The summed E-state index contributed by atoms with van der Waals surface area (Å²) in [5, 5.41) is 13.9. The Kier molecular flexibility index (Phi) is 5.48. The van der Waals surface area contributed by atoms with Crippen molar-refractivity contribution in [2.75, 3.05) is 10.6 Å². The van der Waals surface area contributed by atoms with Crippen LogP contribution in [0.4, 0.5) is 21.8 Å². The number of nitrogens with two attached hydrogens (primary N) is 2. The van der Waals surface area contributed by atoms with E-state index in [0.717, 1.165) is 31.7 Å². The van der Waals surface area contributed by atoms with Crippen LogP contribution in [-0.4, -0.2) is 33.2 Å². The molecule has 1 heterocycles. The van der Waals surface area contributed by atoms with Gasteiger partial charge >= 0.3 is 0 Å². The molecular formula is C16H19ClFN7O. The molecule has 1 fully saturated rings. The van der Waals surface area contributed by atoms with Gasteiger partial charge in [0.2, 0.25) is 5.95 Å². The molecule has 3 rings (SSSR count). The Morgan fingerprint density at radius 2 is 2.00 bits per heavy atom. The number of primary amides is 1. The molecule has 1 aliphatic carbocycles. The highest BCUT2D eigenvalue weighted by atomic mass is 35.5. The van der Waals surface area contributed by atoms with Crippen molar-refractivity contribution in [3.05, 3.63) is 34.7 Å². The topological polar surface area (TPSA) is 132 Å². The molecule has 2 aromatic rings. The number of nitrogens with zero attached hydrogens (tertiary/aromatic N) is 3. The molecule has 0 saturated heterocycles. The van der Waals surface area contributed by atoms with Crippen molar-refractivity contribution >= 4 is 35.0 Å². The Balaban J connectivity index is 1.87. The van der Waals surface area contributed by atoms with Gasteiger partial charge in [-0.3, -0.25) is 4.79 Å². The summed E-state index contributed by atoms with van der Waals surface area (Å²) in [6.07, 6.45) is 3.96. The Hall–Kier alpha value is -2.52. The summed E-state index contributed by atoms with van der Waals surface area (Å²) in [4.78, 5) is 15.9. The third kappa shape index (κ3) is 4.36. The molecule has 10 heteroatoms. The fraction of sp³-hybridized carbons (Fsp3) is 0.375. The molecule has 138 valence electrons. The van der Waals surface area contributed by atoms with Crippen LogP contribution in [0.2, 0.25) is 5.02 Å². The number of hydrogen-bond donors (Lipinski definition) is 4. The second-order valence-electron chi connectivity index (χ2n) is 6.18. The lowest BCUT2D eigenvalue weighted by atomic mass is 9.91. The maximum Gasteiger partial charge on any atom is 0.273 e. The fourth-order valence-corrected chi connectivity index (χ4v) is 3.13. The molecular weight excluding hydrogens is 361 g/mol. The molecule has 1 saturated carbocycles. The maximum absolute atomic E-state index is 13.5. The number of anilines is 3. The normalized spacial score (nSPS) is 19.8. The van der Waals surface area contributed by atoms with Crippen LogP contribution in [0, 0.1) is 5.82 Å². The third-order valence-corrected chi connectivity index (χ3v) is 4.40. The van der Waals surface area contributed by atoms with Crippen LogP contribution >= 0.6 is 11.6 Å². The molecule has 26 heavy (non-hydrogen) atoms. The first-order valence-electron chi connectivity index (χ1n) is 8.22. The number of hydrogen-bond acceptors (Lipinski definition) is 7. The molecule has 1 amide bonds. The molecule has 0 bridgehead atoms. The Bertz CT molecular complexity index is 799. The molecule has 0 spiro atoms. The van der Waals surface area contributed by atoms with Gasteiger partial charge in [0.15, 0.2) is 11.5 Å². The van der Waals surface area contributed by atoms with Gasteiger partial charge in [0, 0.05) is 22.8 Å². The van der Waals surface area contributed by atoms with E-state index in [1.54, 1.807) is 0 Å². The van der Waals surface area contributed by atoms with Crippen LogP contribution in [0.5, 0.6) is 0 Å². The van der Waals surface area contributed by atoms with Crippen LogP contribution < -0.4 is 22.1 Å². The monoisotopic (exact) mass is 379 g/mol. The Morgan fingerprint density at radius 1 is 1.23 bits per heavy atom. The van der Waals surface area contributed by atoms with Crippen molar-refractivity contribution in [1.29, 1.82) is 0 Å². The number of benzene rings is 1. The number of rotatable bonds is 5. The van der Waals surface area contributed by atoms with Gasteiger partial charge in [-0.05, 0) is 31.0 Å². The van der Waals surface area contributed by atoms with Crippen LogP contribution in [-0.2, 0) is 0 Å². The summed E-state index contributed by atoms with van der Waals surface area (Å²) in [7, 11) is 0. The third-order valence-electron chi connectivity index (χ3n) is 4.18. The summed E-state index contributed by atoms with van der Waals surface area (Å²) in [6.45, 7) is 0. The van der Waals surface area contributed by atoms with E-state index >= 15 is 0 Å². The van der Waals surface area contributed by atoms with E-state index in [0.29, 0.717) is 5.69 Å². The minimum atomic E-state index is -0.809. The summed E-state index contributed by atoms with van der Waals surface area (Å²) < 4.78 is 13.5. The molecule has 0 radical (unpaired) electrons. The zero-order valence-electron chi connectivity index (χ0n) is 13.9. The van der Waals surface area contributed by atoms with Crippen molar-refractivity contribution in [2.24, 2.45) is 11.5 Å². The van der Waals surface area contributed by atoms with Crippen LogP contribution in [0.25, 0.3) is 0 Å². The zero-order chi connectivity index (χ0) is 18.7. The maximum atomic E-state index is 13.5. The van der Waals surface area contributed by atoms with Gasteiger partial charge in [-0.1, -0.05) is 24.4 Å². The molecule has 1 aromatic carbocycles. The summed E-state index contributed by atoms with van der Waals surface area (Å²) in [5.41, 5.74) is 11.6. The SMILES string of the molecule is NC(=O)c1nnc(N[C@@H]2CCCC[C@@H]2N)nc1Nc1cc(F)cc(Cl)c1. The van der Waals surface area contributed by atoms with Crippen molar-refractivity contribution in [1.82, 2.24) is 15.2 Å². The van der Waals surface area contributed by atoms with Gasteiger partial charge < -0.3 is 22.1 Å². The van der Waals surface area contributed by atoms with Crippen molar-refractivity contribution in [3.8, 4) is 0 Å². The minimum absolute atomic E-state index is 0.0124. The average Bonchev–Trinajstić information content (AvgIpc) is 2.56. The number of halogens is 2. The molecule has 1 aromatic heterocycles. The van der Waals surface area contributed by atoms with E-state index in [1.807, 2.05) is 0 Å². The fourth-order valence-electron chi connectivity index (χ4n) is 2.91. The number of carbonyl (C=O) groups is 1. The predicted octanol–water partition coefficient (Wildman–Crippen LogP) is 2.19. The lowest BCUT2D eigenvalue weighted by molar-refractivity contribution is 0.0995. The van der Waals surface area contributed by atoms with Crippen LogP contribution in [0.1, 0.15) is 36.2 Å². The highest BCUT2D eigenvalue weighted by Crippen LogP contribution is 2.24. The van der Waals surface area contributed by atoms with Crippen molar-refractivity contribution in [2.45, 2.75) is 37.8 Å². The summed E-state index contributed by atoms with van der Waals surface area (Å²) in [6, 6.07) is 3.87. The highest BCUT2D eigenvalue weighted by Gasteiger charge is 2.23. The van der Waals surface area contributed by atoms with E-state index in [1.165, 1.54) is 12.1 Å². The van der Waals surface area contributed by atoms with Gasteiger partial charge in [0.05, 0.1) is 0 Å². The van der Waals surface area contributed by atoms with Gasteiger partial charge in [-0.2, -0.15) is 4.98 Å². The summed E-state index contributed by atoms with van der Waals surface area (Å²) in [5.74, 6) is -1.08. The first-order chi connectivity index (χ1) is 12.4. The Morgan fingerprint density at radius 3 is 2.69 bits per heavy atom. The number of nitrogens with one attached hydrogen (secondary N) is 2. The van der Waals surface area contributed by atoms with Crippen LogP contribution in [0.3, 0.4) is 0 Å². The largest absolute Gasteiger partial charge is 0.364 e. The molecule has 0 aliphatic heterocycles. The van der Waals surface area contributed by atoms with Gasteiger partial charge in [-0.15, -0.1) is 10.2 Å². The predicted molar refractivity (Wildman–Crippen MR) is 96.9 cm³/mol. The lowest BCUT2D eigenvalue weighted by Gasteiger charge is -2.29. The van der Waals surface area contributed by atoms with E-state index < -0.39 is 11.7 Å². The van der Waals surface area contributed by atoms with Gasteiger partial charge in [-0.25, -0.2) is 4.39 Å². The van der Waals surface area contributed by atoms with Crippen molar-refractivity contribution < 1.29 is 9.18 Å². The molecule has 2 atom stereocenters. The number of carbonyl (C=O) groups excluding carboxylic acids is 1. The standard InChI is InChI=1S/C16H19ClFN7O/c17-8-5-9(18)7-10(6-8)21-15-13(14(20)26)24-25-16(23-15)22-12-4-2-1-3-11(12)19/h5-7,11-12H,1-4,19H2,(H2,20,26)(H2,21,22,23,25)/t11-,12+/m0/s1. The van der Waals surface area contributed by atoms with E-state index in [9.17, 15) is 9.18 Å². The molecule has 0 unspecified atom stereocenters. The van der Waals surface area contributed by atoms with Crippen LogP contribution in [0.15, 0.2) is 18.2 Å². The van der Waals surface area contributed by atoms with E-state index in [-0.39, 0.29) is 34.6 Å². The van der Waals surface area contributed by atoms with E-state index in [4.69, 9.17) is 23.1 Å². The highest BCUT2D eigenvalue weighted by molar-refractivity contribution is 6.30. The second-order valence-corrected chi connectivity index (χ2v) is 6.62. The first kappa shape index (κ1) is 18.3. The first-order valence-corrected chi connectivity index (χ1v) is 8.60. The lowest BCUT2D eigenvalue weighted by Crippen LogP contribution is -2.43. The quantitative estimate of drug-likeness (QED) is 0.625. The molecule has 8 nitrogen and oxygen atoms in total. The van der Waals surface area contributed by atoms with Gasteiger partial charge in [0.25, 0.3) is 5.91 Å². The minimum Gasteiger partial charge on any atom is -0.364 e. The zero-order valence-corrected chi connectivity index (χ0v) is 14.6. The van der Waals surface area contributed by atoms with E-state index in [2.05, 4.69) is 25.8 Å². The number of aromatic nitrogens is 3. The van der Waals surface area contributed by atoms with Crippen molar-refractivity contribution in [3.63, 3.8) is 0 Å².